The lowest BCUT2D eigenvalue weighted by Crippen LogP contribution is -2.30. The molecule has 0 radical (unpaired) electrons. The van der Waals surface area contributed by atoms with Crippen LogP contribution in [-0.2, 0) is 65.4 Å². The molecule has 606 valence electrons. The van der Waals surface area contributed by atoms with Gasteiger partial charge in [-0.3, -0.25) is 37.3 Å². The molecule has 0 aromatic heterocycles. The van der Waals surface area contributed by atoms with Gasteiger partial charge in [-0.25, -0.2) is 9.13 Å². The number of phosphoric acid groups is 2. The Balaban J connectivity index is 5.27. The lowest BCUT2D eigenvalue weighted by atomic mass is 9.99. The SMILES string of the molecule is CCCCCCCCCCCCCCCCC(=O)O[C@H](COC(=O)CCCCCCCCCCC(C)CC)COP(=O)(O)OC[C@H](O)COP(=O)(O)OC[C@@H](COC(=O)CCCCCCCCCCCCCCCCC(C)CC)OC(=O)CCCCCCCCCCCCCCCCCC(C)C. The fourth-order valence-corrected chi connectivity index (χ4v) is 14.4. The first kappa shape index (κ1) is 100. The van der Waals surface area contributed by atoms with Crippen molar-refractivity contribution in [3.63, 3.8) is 0 Å². The van der Waals surface area contributed by atoms with Crippen LogP contribution in [0.4, 0.5) is 0 Å². The van der Waals surface area contributed by atoms with E-state index in [0.717, 1.165) is 108 Å². The van der Waals surface area contributed by atoms with Gasteiger partial charge in [0.25, 0.3) is 0 Å². The van der Waals surface area contributed by atoms with Crippen LogP contribution in [0.2, 0.25) is 0 Å². The summed E-state index contributed by atoms with van der Waals surface area (Å²) in [4.78, 5) is 73.1. The van der Waals surface area contributed by atoms with Crippen LogP contribution in [0.15, 0.2) is 0 Å². The fourth-order valence-electron chi connectivity index (χ4n) is 12.8. The molecule has 0 fully saturated rings. The van der Waals surface area contributed by atoms with E-state index in [4.69, 9.17) is 37.0 Å². The average molecular weight is 1490 g/mol. The fraction of sp³-hybridized carbons (Fsp3) is 0.952. The van der Waals surface area contributed by atoms with E-state index < -0.39 is 97.5 Å². The topological polar surface area (TPSA) is 237 Å². The molecule has 0 rings (SSSR count). The third-order valence-electron chi connectivity index (χ3n) is 20.1. The monoisotopic (exact) mass is 1490 g/mol. The Hall–Kier alpha value is -1.94. The van der Waals surface area contributed by atoms with Crippen molar-refractivity contribution in [1.29, 1.82) is 0 Å². The first-order valence-electron chi connectivity index (χ1n) is 42.9. The lowest BCUT2D eigenvalue weighted by molar-refractivity contribution is -0.161. The van der Waals surface area contributed by atoms with Crippen LogP contribution in [0.5, 0.6) is 0 Å². The number of phosphoric ester groups is 2. The molecule has 0 spiro atoms. The second-order valence-electron chi connectivity index (χ2n) is 30.8. The summed E-state index contributed by atoms with van der Waals surface area (Å²) in [6.45, 7) is 12.0. The van der Waals surface area contributed by atoms with Gasteiger partial charge >= 0.3 is 39.5 Å². The number of hydrogen-bond acceptors (Lipinski definition) is 15. The van der Waals surface area contributed by atoms with Gasteiger partial charge in [0.15, 0.2) is 12.2 Å². The Morgan fingerprint density at radius 2 is 0.500 bits per heavy atom. The first-order chi connectivity index (χ1) is 49.3. The Morgan fingerprint density at radius 3 is 0.745 bits per heavy atom. The Morgan fingerprint density at radius 1 is 0.284 bits per heavy atom. The minimum atomic E-state index is -4.96. The summed E-state index contributed by atoms with van der Waals surface area (Å²) in [7, 11) is -9.93. The van der Waals surface area contributed by atoms with Crippen LogP contribution >= 0.6 is 15.6 Å². The van der Waals surface area contributed by atoms with Crippen LogP contribution in [0.1, 0.15) is 434 Å². The highest BCUT2D eigenvalue weighted by molar-refractivity contribution is 7.47. The van der Waals surface area contributed by atoms with Crippen LogP contribution < -0.4 is 0 Å². The Kier molecular flexibility index (Phi) is 71.8. The molecule has 0 aliphatic rings. The average Bonchev–Trinajstić information content (AvgIpc) is 0.922. The largest absolute Gasteiger partial charge is 0.472 e. The smallest absolute Gasteiger partial charge is 0.462 e. The van der Waals surface area contributed by atoms with Crippen molar-refractivity contribution in [3.8, 4) is 0 Å². The summed E-state index contributed by atoms with van der Waals surface area (Å²) in [5.74, 6) is 0.324. The molecule has 3 N–H and O–H groups in total. The van der Waals surface area contributed by atoms with Crippen molar-refractivity contribution in [2.24, 2.45) is 17.8 Å². The van der Waals surface area contributed by atoms with E-state index in [1.54, 1.807) is 0 Å². The number of hydrogen-bond donors (Lipinski definition) is 3. The second kappa shape index (κ2) is 73.2. The van der Waals surface area contributed by atoms with E-state index >= 15 is 0 Å². The Labute approximate surface area is 626 Å². The second-order valence-corrected chi connectivity index (χ2v) is 33.7. The molecular formula is C83H162O17P2. The van der Waals surface area contributed by atoms with Crippen molar-refractivity contribution in [2.45, 2.75) is 452 Å². The van der Waals surface area contributed by atoms with E-state index in [1.165, 1.54) is 244 Å². The molecule has 0 saturated heterocycles. The molecular weight excluding hydrogens is 1330 g/mol. The maximum absolute atomic E-state index is 13.1. The summed E-state index contributed by atoms with van der Waals surface area (Å²) in [6.07, 6.45) is 62.2. The molecule has 17 nitrogen and oxygen atoms in total. The predicted molar refractivity (Wildman–Crippen MR) is 418 cm³/mol. The molecule has 4 unspecified atom stereocenters. The van der Waals surface area contributed by atoms with Gasteiger partial charge in [0, 0.05) is 25.7 Å². The van der Waals surface area contributed by atoms with Gasteiger partial charge < -0.3 is 33.8 Å². The third kappa shape index (κ3) is 73.6. The highest BCUT2D eigenvalue weighted by atomic mass is 31.2. The standard InChI is InChI=1S/C83H162O17P2/c1-8-11-12-13-14-15-16-17-25-31-36-45-52-59-66-82(87)100-79(71-94-81(86)65-58-51-44-39-38-42-49-56-63-76(7)10-3)73-98-102(91,92)96-69-77(84)68-95-101(89,90)97-72-78(99-83(88)67-60-53-46-37-32-27-20-18-19-23-28-33-40-47-54-61-74(4)5)70-93-80(85)64-57-50-43-35-30-26-22-21-24-29-34-41-48-55-62-75(6)9-2/h74-79,84H,8-73H2,1-7H3,(H,89,90)(H,91,92)/t75?,76?,77-,78-,79-/m1/s1. The molecule has 0 aromatic carbocycles. The predicted octanol–water partition coefficient (Wildman–Crippen LogP) is 24.9. The zero-order valence-corrected chi connectivity index (χ0v) is 68.9. The molecule has 0 bridgehead atoms. The van der Waals surface area contributed by atoms with Crippen molar-refractivity contribution in [2.75, 3.05) is 39.6 Å². The lowest BCUT2D eigenvalue weighted by Gasteiger charge is -2.21. The first-order valence-corrected chi connectivity index (χ1v) is 45.9. The highest BCUT2D eigenvalue weighted by Gasteiger charge is 2.30. The van der Waals surface area contributed by atoms with Gasteiger partial charge in [-0.15, -0.1) is 0 Å². The molecule has 0 aromatic rings. The number of unbranched alkanes of at least 4 members (excludes halogenated alkanes) is 47. The number of esters is 4. The van der Waals surface area contributed by atoms with Gasteiger partial charge in [0.2, 0.25) is 0 Å². The van der Waals surface area contributed by atoms with Gasteiger partial charge in [0.1, 0.15) is 19.3 Å². The zero-order chi connectivity index (χ0) is 75.1. The van der Waals surface area contributed by atoms with Crippen molar-refractivity contribution < 1.29 is 80.2 Å². The van der Waals surface area contributed by atoms with E-state index in [0.29, 0.717) is 25.7 Å². The Bertz CT molecular complexity index is 1980. The summed E-state index contributed by atoms with van der Waals surface area (Å²) in [5, 5.41) is 10.7. The molecule has 0 aliphatic carbocycles. The van der Waals surface area contributed by atoms with E-state index in [9.17, 15) is 43.2 Å². The number of carbonyl (C=O) groups excluding carboxylic acids is 4. The van der Waals surface area contributed by atoms with E-state index in [2.05, 4.69) is 48.5 Å². The van der Waals surface area contributed by atoms with Gasteiger partial charge in [-0.05, 0) is 43.4 Å². The van der Waals surface area contributed by atoms with Gasteiger partial charge in [-0.2, -0.15) is 0 Å². The number of rotatable bonds is 81. The summed E-state index contributed by atoms with van der Waals surface area (Å²) in [5.41, 5.74) is 0. The van der Waals surface area contributed by atoms with Crippen molar-refractivity contribution in [3.05, 3.63) is 0 Å². The highest BCUT2D eigenvalue weighted by Crippen LogP contribution is 2.45. The van der Waals surface area contributed by atoms with Crippen molar-refractivity contribution in [1.82, 2.24) is 0 Å². The molecule has 102 heavy (non-hydrogen) atoms. The maximum Gasteiger partial charge on any atom is 0.472 e. The third-order valence-corrected chi connectivity index (χ3v) is 22.0. The van der Waals surface area contributed by atoms with Crippen molar-refractivity contribution >= 4 is 39.5 Å². The molecule has 19 heteroatoms. The minimum Gasteiger partial charge on any atom is -0.462 e. The summed E-state index contributed by atoms with van der Waals surface area (Å²) < 4.78 is 68.8. The number of aliphatic hydroxyl groups excluding tert-OH is 1. The summed E-state index contributed by atoms with van der Waals surface area (Å²) in [6, 6.07) is 0. The summed E-state index contributed by atoms with van der Waals surface area (Å²) >= 11 is 0. The quantitative estimate of drug-likeness (QED) is 0.0222. The maximum atomic E-state index is 13.1. The van der Waals surface area contributed by atoms with Gasteiger partial charge in [-0.1, -0.05) is 382 Å². The van der Waals surface area contributed by atoms with E-state index in [-0.39, 0.29) is 25.7 Å². The zero-order valence-electron chi connectivity index (χ0n) is 67.1. The molecule has 7 atom stereocenters. The van der Waals surface area contributed by atoms with Crippen LogP contribution in [0, 0.1) is 17.8 Å². The minimum absolute atomic E-state index is 0.107. The number of carbonyl (C=O) groups is 4. The van der Waals surface area contributed by atoms with E-state index in [1.807, 2.05) is 0 Å². The van der Waals surface area contributed by atoms with Crippen LogP contribution in [0.25, 0.3) is 0 Å². The normalized spacial score (nSPS) is 14.5. The molecule has 0 saturated carbocycles. The number of ether oxygens (including phenoxy) is 4. The molecule has 0 aliphatic heterocycles. The van der Waals surface area contributed by atoms with Gasteiger partial charge in [0.05, 0.1) is 26.4 Å². The number of aliphatic hydroxyl groups is 1. The molecule has 0 amide bonds. The van der Waals surface area contributed by atoms with Crippen LogP contribution in [-0.4, -0.2) is 96.7 Å². The van der Waals surface area contributed by atoms with Crippen LogP contribution in [0.3, 0.4) is 0 Å². The molecule has 0 heterocycles.